The van der Waals surface area contributed by atoms with E-state index in [2.05, 4.69) is 0 Å². The van der Waals surface area contributed by atoms with Crippen LogP contribution in [0.15, 0.2) is 12.1 Å². The largest absolute Gasteiger partial charge is 0.444 e. The second-order valence-corrected chi connectivity index (χ2v) is 7.06. The van der Waals surface area contributed by atoms with Gasteiger partial charge in [-0.1, -0.05) is 12.1 Å². The van der Waals surface area contributed by atoms with Crippen molar-refractivity contribution in [2.75, 3.05) is 7.05 Å². The summed E-state index contributed by atoms with van der Waals surface area (Å²) in [6.07, 6.45) is 0.285. The monoisotopic (exact) mass is 305 g/mol. The Morgan fingerprint density at radius 1 is 1.05 bits per heavy atom. The Morgan fingerprint density at radius 2 is 1.55 bits per heavy atom. The van der Waals surface area contributed by atoms with Gasteiger partial charge in [0.2, 0.25) is 0 Å². The number of likely N-dealkylation sites (N-methyl/N-ethyl adjacent to an activating group) is 1. The standard InChI is InChI=1S/C18H27NO3/c1-12-9-14(3)15(10-13(12)2)18(7,11-20)19(8)16(21)22-17(4,5)6/h9-11H,1-8H3. The van der Waals surface area contributed by atoms with Crippen molar-refractivity contribution in [1.82, 2.24) is 4.90 Å². The van der Waals surface area contributed by atoms with Crippen LogP contribution in [0.3, 0.4) is 0 Å². The lowest BCUT2D eigenvalue weighted by atomic mass is 9.86. The van der Waals surface area contributed by atoms with E-state index in [9.17, 15) is 9.59 Å². The molecule has 1 aromatic rings. The third kappa shape index (κ3) is 3.67. The molecule has 0 saturated heterocycles. The summed E-state index contributed by atoms with van der Waals surface area (Å²) in [6, 6.07) is 4.01. The Hall–Kier alpha value is -1.84. The van der Waals surface area contributed by atoms with Gasteiger partial charge in [-0.05, 0) is 70.7 Å². The number of hydrogen-bond acceptors (Lipinski definition) is 3. The first-order valence-electron chi connectivity index (χ1n) is 7.44. The molecule has 1 aromatic carbocycles. The highest BCUT2D eigenvalue weighted by atomic mass is 16.6. The first-order chi connectivity index (χ1) is 9.92. The molecule has 0 aliphatic heterocycles. The van der Waals surface area contributed by atoms with Crippen molar-refractivity contribution in [3.05, 3.63) is 34.4 Å². The summed E-state index contributed by atoms with van der Waals surface area (Å²) in [6.45, 7) is 13.1. The van der Waals surface area contributed by atoms with E-state index in [0.29, 0.717) is 0 Å². The molecule has 1 rings (SSSR count). The third-order valence-corrected chi connectivity index (χ3v) is 3.98. The minimum Gasteiger partial charge on any atom is -0.444 e. The molecule has 122 valence electrons. The lowest BCUT2D eigenvalue weighted by Gasteiger charge is -2.37. The minimum absolute atomic E-state index is 0.514. The van der Waals surface area contributed by atoms with E-state index in [-0.39, 0.29) is 0 Å². The van der Waals surface area contributed by atoms with E-state index >= 15 is 0 Å². The van der Waals surface area contributed by atoms with Crippen LogP contribution in [0.5, 0.6) is 0 Å². The van der Waals surface area contributed by atoms with Gasteiger partial charge >= 0.3 is 6.09 Å². The zero-order valence-corrected chi connectivity index (χ0v) is 14.9. The zero-order valence-electron chi connectivity index (χ0n) is 14.9. The summed E-state index contributed by atoms with van der Waals surface area (Å²) >= 11 is 0. The van der Waals surface area contributed by atoms with Crippen LogP contribution in [0.1, 0.15) is 49.9 Å². The average molecular weight is 305 g/mol. The fraction of sp³-hybridized carbons (Fsp3) is 0.556. The molecule has 4 heteroatoms. The number of ether oxygens (including phenoxy) is 1. The Labute approximate surface area is 133 Å². The Morgan fingerprint density at radius 3 is 2.00 bits per heavy atom. The van der Waals surface area contributed by atoms with Crippen molar-refractivity contribution >= 4 is 12.4 Å². The maximum absolute atomic E-state index is 12.3. The summed E-state index contributed by atoms with van der Waals surface area (Å²) in [5.41, 5.74) is 2.38. The van der Waals surface area contributed by atoms with Gasteiger partial charge in [0.05, 0.1) is 0 Å². The molecule has 0 saturated carbocycles. The van der Waals surface area contributed by atoms with E-state index in [1.54, 1.807) is 34.7 Å². The second kappa shape index (κ2) is 6.11. The van der Waals surface area contributed by atoms with Gasteiger partial charge in [0, 0.05) is 7.05 Å². The smallest absolute Gasteiger partial charge is 0.411 e. The van der Waals surface area contributed by atoms with Gasteiger partial charge in [0.15, 0.2) is 0 Å². The van der Waals surface area contributed by atoms with Crippen LogP contribution in [0.2, 0.25) is 0 Å². The summed E-state index contributed by atoms with van der Waals surface area (Å²) in [4.78, 5) is 25.5. The average Bonchev–Trinajstić information content (AvgIpc) is 2.39. The van der Waals surface area contributed by atoms with Crippen LogP contribution in [-0.2, 0) is 15.1 Å². The number of aryl methyl sites for hydroxylation is 3. The molecule has 0 aromatic heterocycles. The van der Waals surface area contributed by atoms with Crippen LogP contribution in [-0.4, -0.2) is 29.9 Å². The molecule has 1 atom stereocenters. The van der Waals surface area contributed by atoms with E-state index < -0.39 is 17.2 Å². The third-order valence-electron chi connectivity index (χ3n) is 3.98. The van der Waals surface area contributed by atoms with E-state index in [1.807, 2.05) is 32.9 Å². The van der Waals surface area contributed by atoms with Gasteiger partial charge in [-0.2, -0.15) is 0 Å². The fourth-order valence-corrected chi connectivity index (χ4v) is 2.35. The molecule has 4 nitrogen and oxygen atoms in total. The normalized spacial score (nSPS) is 14.2. The number of rotatable bonds is 3. The van der Waals surface area contributed by atoms with Crippen molar-refractivity contribution in [3.8, 4) is 0 Å². The Bertz CT molecular complexity index is 587. The Balaban J connectivity index is 3.30. The van der Waals surface area contributed by atoms with Crippen LogP contribution >= 0.6 is 0 Å². The number of amides is 1. The van der Waals surface area contributed by atoms with Crippen LogP contribution in [0.4, 0.5) is 4.79 Å². The topological polar surface area (TPSA) is 46.6 Å². The summed E-state index contributed by atoms with van der Waals surface area (Å²) in [5.74, 6) is 0. The number of benzene rings is 1. The van der Waals surface area contributed by atoms with Crippen LogP contribution in [0, 0.1) is 20.8 Å². The number of aldehydes is 1. The maximum Gasteiger partial charge on any atom is 0.411 e. The molecular weight excluding hydrogens is 278 g/mol. The summed E-state index contributed by atoms with van der Waals surface area (Å²) in [7, 11) is 1.59. The van der Waals surface area contributed by atoms with Crippen molar-refractivity contribution < 1.29 is 14.3 Å². The molecule has 0 spiro atoms. The maximum atomic E-state index is 12.3. The van der Waals surface area contributed by atoms with Crippen molar-refractivity contribution in [1.29, 1.82) is 0 Å². The molecule has 1 unspecified atom stereocenters. The first-order valence-corrected chi connectivity index (χ1v) is 7.44. The molecule has 0 aliphatic rings. The molecule has 0 fully saturated rings. The number of hydrogen-bond donors (Lipinski definition) is 0. The highest BCUT2D eigenvalue weighted by Gasteiger charge is 2.37. The van der Waals surface area contributed by atoms with E-state index in [1.165, 1.54) is 4.90 Å². The predicted molar refractivity (Wildman–Crippen MR) is 88.1 cm³/mol. The van der Waals surface area contributed by atoms with Crippen LogP contribution in [0.25, 0.3) is 0 Å². The van der Waals surface area contributed by atoms with E-state index in [4.69, 9.17) is 4.74 Å². The zero-order chi connectivity index (χ0) is 17.3. The molecular formula is C18H27NO3. The second-order valence-electron chi connectivity index (χ2n) is 7.06. The molecule has 1 amide bonds. The highest BCUT2D eigenvalue weighted by Crippen LogP contribution is 2.31. The minimum atomic E-state index is -1.06. The Kier molecular flexibility index (Phi) is 5.06. The van der Waals surface area contributed by atoms with Gasteiger partial charge < -0.3 is 9.53 Å². The van der Waals surface area contributed by atoms with Crippen LogP contribution < -0.4 is 0 Å². The van der Waals surface area contributed by atoms with Gasteiger partial charge in [0.1, 0.15) is 17.4 Å². The molecule has 0 bridgehead atoms. The SMILES string of the molecule is Cc1cc(C)c(C(C)(C=O)N(C)C(=O)OC(C)(C)C)cc1C. The number of nitrogens with zero attached hydrogens (tertiary/aromatic N) is 1. The number of carbonyl (C=O) groups excluding carboxylic acids is 2. The van der Waals surface area contributed by atoms with Crippen molar-refractivity contribution in [2.45, 2.75) is 59.6 Å². The van der Waals surface area contributed by atoms with Gasteiger partial charge in [-0.25, -0.2) is 4.79 Å². The molecule has 0 aliphatic carbocycles. The van der Waals surface area contributed by atoms with Crippen molar-refractivity contribution in [2.24, 2.45) is 0 Å². The van der Waals surface area contributed by atoms with E-state index in [0.717, 1.165) is 28.5 Å². The van der Waals surface area contributed by atoms with Gasteiger partial charge in [-0.15, -0.1) is 0 Å². The lowest BCUT2D eigenvalue weighted by Crippen LogP contribution is -2.48. The number of carbonyl (C=O) groups is 2. The summed E-state index contributed by atoms with van der Waals surface area (Å²) < 4.78 is 5.39. The molecule has 22 heavy (non-hydrogen) atoms. The molecule has 0 radical (unpaired) electrons. The van der Waals surface area contributed by atoms with Gasteiger partial charge in [0.25, 0.3) is 0 Å². The van der Waals surface area contributed by atoms with Crippen molar-refractivity contribution in [3.63, 3.8) is 0 Å². The predicted octanol–water partition coefficient (Wildman–Crippen LogP) is 3.89. The first kappa shape index (κ1) is 18.2. The highest BCUT2D eigenvalue weighted by molar-refractivity contribution is 5.78. The van der Waals surface area contributed by atoms with Gasteiger partial charge in [-0.3, -0.25) is 4.90 Å². The fourth-order valence-electron chi connectivity index (χ4n) is 2.35. The molecule has 0 N–H and O–H groups in total. The quantitative estimate of drug-likeness (QED) is 0.796. The lowest BCUT2D eigenvalue weighted by molar-refractivity contribution is -0.117. The molecule has 0 heterocycles. The summed E-state index contributed by atoms with van der Waals surface area (Å²) in [5, 5.41) is 0.